The molecule has 14 heteroatoms. The van der Waals surface area contributed by atoms with Crippen molar-refractivity contribution in [1.29, 1.82) is 0 Å². The highest BCUT2D eigenvalue weighted by molar-refractivity contribution is 5.91. The first-order valence-corrected chi connectivity index (χ1v) is 6.64. The topological polar surface area (TPSA) is 212 Å². The molecule has 140 valence electrons. The maximum Gasteiger partial charge on any atom is 0.332 e. The van der Waals surface area contributed by atoms with Gasteiger partial charge in [0.2, 0.25) is 5.72 Å². The van der Waals surface area contributed by atoms with Gasteiger partial charge in [0.05, 0.1) is 6.61 Å². The van der Waals surface area contributed by atoms with Crippen molar-refractivity contribution in [1.82, 2.24) is 14.6 Å². The van der Waals surface area contributed by atoms with Gasteiger partial charge in [-0.05, 0) is 0 Å². The Hall–Kier alpha value is -2.20. The number of nitrogens with two attached hydrogens (primary N) is 1. The summed E-state index contributed by atoms with van der Waals surface area (Å²) in [5.41, 5.74) is -2.02. The van der Waals surface area contributed by atoms with E-state index in [-0.39, 0.29) is 4.57 Å². The Morgan fingerprint density at radius 1 is 1.48 bits per heavy atom. The van der Waals surface area contributed by atoms with Crippen molar-refractivity contribution >= 4 is 5.91 Å². The Bertz CT molecular complexity index is 796. The molecule has 25 heavy (non-hydrogen) atoms. The van der Waals surface area contributed by atoms with Crippen LogP contribution in [0.25, 0.3) is 0 Å². The fourth-order valence-corrected chi connectivity index (χ4v) is 2.47. The minimum atomic E-state index is -3.42. The number of alkyl halides is 1. The lowest BCUT2D eigenvalue weighted by molar-refractivity contribution is -0.416. The van der Waals surface area contributed by atoms with Crippen molar-refractivity contribution in [3.63, 3.8) is 0 Å². The minimum absolute atomic E-state index is 0.00620. The fourth-order valence-electron chi connectivity index (χ4n) is 2.47. The lowest BCUT2D eigenvalue weighted by Gasteiger charge is -2.40. The van der Waals surface area contributed by atoms with Crippen molar-refractivity contribution in [3.05, 3.63) is 32.6 Å². The number of primary amides is 1. The Kier molecular flexibility index (Phi) is 4.79. The standard InChI is InChI=1S/C11H15FN4O9/c12-3-16(24)10(22)6(18)5(2-17)25-11(10,23)15-1-4(7(13)19)8(20)14-9(15)21/h1,5-6,17-18,22-24H,2-3H2,(H2,13,19)(H,14,20,21)/t5-,6-,10-,11-/m1/s1. The number of aliphatic hydroxyl groups excluding tert-OH is 2. The molecule has 2 rings (SSSR count). The van der Waals surface area contributed by atoms with Crippen LogP contribution in [0.2, 0.25) is 0 Å². The summed E-state index contributed by atoms with van der Waals surface area (Å²) >= 11 is 0. The highest BCUT2D eigenvalue weighted by Crippen LogP contribution is 2.42. The Morgan fingerprint density at radius 3 is 2.56 bits per heavy atom. The first kappa shape index (κ1) is 19.1. The van der Waals surface area contributed by atoms with E-state index in [9.17, 15) is 39.3 Å². The van der Waals surface area contributed by atoms with E-state index in [2.05, 4.69) is 0 Å². The second kappa shape index (κ2) is 6.26. The molecule has 1 saturated heterocycles. The molecule has 0 bridgehead atoms. The van der Waals surface area contributed by atoms with Crippen molar-refractivity contribution in [2.24, 2.45) is 5.73 Å². The molecule has 0 aromatic carbocycles. The number of ether oxygens (including phenoxy) is 1. The van der Waals surface area contributed by atoms with Gasteiger partial charge in [0.15, 0.2) is 6.80 Å². The summed E-state index contributed by atoms with van der Waals surface area (Å²) in [4.78, 5) is 36.3. The normalized spacial score (nSPS) is 32.3. The van der Waals surface area contributed by atoms with E-state index in [1.54, 1.807) is 4.98 Å². The van der Waals surface area contributed by atoms with Gasteiger partial charge >= 0.3 is 11.6 Å². The fraction of sp³-hybridized carbons (Fsp3) is 0.545. The number of hydrogen-bond donors (Lipinski definition) is 7. The molecule has 0 unspecified atom stereocenters. The highest BCUT2D eigenvalue weighted by atomic mass is 19.1. The minimum Gasteiger partial charge on any atom is -0.394 e. The third kappa shape index (κ3) is 2.56. The number of halogens is 1. The SMILES string of the molecule is NC(=O)c1cn([C@]2(O)O[C@H](CO)[C@@H](O)[C@]2(O)N(O)CF)c(=O)[nH]c1=O. The first-order chi connectivity index (χ1) is 11.5. The number of nitrogens with zero attached hydrogens (tertiary/aromatic N) is 2. The zero-order valence-electron chi connectivity index (χ0n) is 12.4. The third-order valence-corrected chi connectivity index (χ3v) is 3.78. The lowest BCUT2D eigenvalue weighted by Crippen LogP contribution is -2.68. The Balaban J connectivity index is 2.78. The summed E-state index contributed by atoms with van der Waals surface area (Å²) in [6, 6.07) is 0. The van der Waals surface area contributed by atoms with Crippen molar-refractivity contribution < 1.29 is 39.6 Å². The van der Waals surface area contributed by atoms with E-state index in [0.717, 1.165) is 0 Å². The smallest absolute Gasteiger partial charge is 0.332 e. The summed E-state index contributed by atoms with van der Waals surface area (Å²) < 4.78 is 17.7. The molecule has 0 aliphatic carbocycles. The summed E-state index contributed by atoms with van der Waals surface area (Å²) in [5, 5.41) is 49.2. The van der Waals surface area contributed by atoms with E-state index in [0.29, 0.717) is 6.20 Å². The predicted molar refractivity (Wildman–Crippen MR) is 72.5 cm³/mol. The number of carbonyl (C=O) groups excluding carboxylic acids is 1. The van der Waals surface area contributed by atoms with Gasteiger partial charge in [-0.15, -0.1) is 5.06 Å². The maximum absolute atomic E-state index is 12.9. The molecule has 1 fully saturated rings. The molecule has 0 saturated carbocycles. The van der Waals surface area contributed by atoms with Crippen LogP contribution in [0.4, 0.5) is 4.39 Å². The van der Waals surface area contributed by atoms with E-state index in [4.69, 9.17) is 15.6 Å². The molecule has 4 atom stereocenters. The van der Waals surface area contributed by atoms with Crippen molar-refractivity contribution in [2.75, 3.05) is 13.4 Å². The first-order valence-electron chi connectivity index (χ1n) is 6.64. The highest BCUT2D eigenvalue weighted by Gasteiger charge is 2.70. The Morgan fingerprint density at radius 2 is 2.08 bits per heavy atom. The van der Waals surface area contributed by atoms with Crippen LogP contribution in [-0.4, -0.2) is 77.5 Å². The number of aromatic amines is 1. The number of aliphatic hydroxyl groups is 4. The second-order valence-corrected chi connectivity index (χ2v) is 5.17. The summed E-state index contributed by atoms with van der Waals surface area (Å²) in [7, 11) is 0. The van der Waals surface area contributed by atoms with Gasteiger partial charge in [0, 0.05) is 6.20 Å². The number of H-pyrrole nitrogens is 1. The van der Waals surface area contributed by atoms with Crippen LogP contribution in [0.1, 0.15) is 10.4 Å². The van der Waals surface area contributed by atoms with Crippen LogP contribution in [0.3, 0.4) is 0 Å². The van der Waals surface area contributed by atoms with Gasteiger partial charge in [-0.1, -0.05) is 0 Å². The van der Waals surface area contributed by atoms with Crippen molar-refractivity contribution in [3.8, 4) is 0 Å². The number of nitrogens with one attached hydrogen (secondary N) is 1. The maximum atomic E-state index is 12.9. The van der Waals surface area contributed by atoms with Crippen LogP contribution < -0.4 is 17.0 Å². The molecule has 0 radical (unpaired) electrons. The molecule has 13 nitrogen and oxygen atoms in total. The molecular formula is C11H15FN4O9. The number of amides is 1. The number of rotatable bonds is 5. The molecule has 1 aromatic heterocycles. The average Bonchev–Trinajstić information content (AvgIpc) is 2.76. The van der Waals surface area contributed by atoms with Gasteiger partial charge in [0.1, 0.15) is 17.8 Å². The van der Waals surface area contributed by atoms with Gasteiger partial charge in [0.25, 0.3) is 11.5 Å². The van der Waals surface area contributed by atoms with Crippen molar-refractivity contribution in [2.45, 2.75) is 23.8 Å². The monoisotopic (exact) mass is 366 g/mol. The van der Waals surface area contributed by atoms with Gasteiger partial charge in [-0.2, -0.15) is 0 Å². The second-order valence-electron chi connectivity index (χ2n) is 5.17. The summed E-state index contributed by atoms with van der Waals surface area (Å²) in [6.45, 7) is -2.87. The van der Waals surface area contributed by atoms with Crippen LogP contribution in [0.15, 0.2) is 15.8 Å². The molecule has 1 aromatic rings. The quantitative estimate of drug-likeness (QED) is 0.150. The molecule has 1 aliphatic rings. The van der Waals surface area contributed by atoms with Gasteiger partial charge in [-0.25, -0.2) is 13.8 Å². The average molecular weight is 366 g/mol. The number of hydroxylamine groups is 2. The van der Waals surface area contributed by atoms with E-state index in [1.165, 1.54) is 0 Å². The molecular weight excluding hydrogens is 351 g/mol. The zero-order valence-corrected chi connectivity index (χ0v) is 12.4. The molecule has 8 N–H and O–H groups in total. The number of carbonyl (C=O) groups is 1. The number of aromatic nitrogens is 2. The third-order valence-electron chi connectivity index (χ3n) is 3.78. The van der Waals surface area contributed by atoms with E-state index >= 15 is 0 Å². The van der Waals surface area contributed by atoms with Gasteiger partial charge in [-0.3, -0.25) is 14.6 Å². The van der Waals surface area contributed by atoms with Crippen LogP contribution in [0, 0.1) is 0 Å². The van der Waals surface area contributed by atoms with Crippen LogP contribution in [0.5, 0.6) is 0 Å². The summed E-state index contributed by atoms with van der Waals surface area (Å²) in [5.74, 6) is -4.75. The molecule has 1 amide bonds. The van der Waals surface area contributed by atoms with Gasteiger partial charge < -0.3 is 36.1 Å². The van der Waals surface area contributed by atoms with E-state index in [1.807, 2.05) is 0 Å². The van der Waals surface area contributed by atoms with Crippen LogP contribution in [-0.2, 0) is 10.6 Å². The lowest BCUT2D eigenvalue weighted by atomic mass is 10.0. The predicted octanol–water partition coefficient (Wildman–Crippen LogP) is -4.70. The molecule has 0 spiro atoms. The largest absolute Gasteiger partial charge is 0.394 e. The summed E-state index contributed by atoms with van der Waals surface area (Å²) in [6.07, 6.45) is -3.72. The molecule has 2 heterocycles. The Labute approximate surface area is 136 Å². The van der Waals surface area contributed by atoms with E-state index < -0.39 is 65.0 Å². The number of hydrogen-bond acceptors (Lipinski definition) is 10. The zero-order chi connectivity index (χ0) is 19.2. The molecule has 1 aliphatic heterocycles. The van der Waals surface area contributed by atoms with Crippen LogP contribution >= 0.6 is 0 Å².